The molecule has 0 saturated carbocycles. The molecule has 0 bridgehead atoms. The van der Waals surface area contributed by atoms with E-state index in [9.17, 15) is 4.39 Å². The molecule has 2 unspecified atom stereocenters. The molecule has 2 atom stereocenters. The number of hydrazine groups is 1. The molecule has 0 aliphatic carbocycles. The molecule has 17 heavy (non-hydrogen) atoms. The molecule has 1 saturated heterocycles. The molecule has 0 aromatic heterocycles. The summed E-state index contributed by atoms with van der Waals surface area (Å²) in [4.78, 5) is 0. The Morgan fingerprint density at radius 1 is 1.47 bits per heavy atom. The molecule has 1 aliphatic rings. The number of thioether (sulfide) groups is 1. The Labute approximate surface area is 105 Å². The molecule has 2 rings (SSSR count). The highest BCUT2D eigenvalue weighted by Crippen LogP contribution is 2.17. The number of hydrogen-bond acceptors (Lipinski definition) is 4. The number of nitrogens with one attached hydrogen (secondary N) is 1. The first-order valence-electron chi connectivity index (χ1n) is 5.69. The molecule has 5 heteroatoms. The quantitative estimate of drug-likeness (QED) is 0.630. The van der Waals surface area contributed by atoms with E-state index in [1.807, 2.05) is 11.8 Å². The maximum atomic E-state index is 12.8. The number of ether oxygens (including phenoxy) is 1. The molecule has 1 aliphatic heterocycles. The fourth-order valence-corrected chi connectivity index (χ4v) is 2.85. The third-order valence-electron chi connectivity index (χ3n) is 2.87. The molecule has 1 aromatic carbocycles. The largest absolute Gasteiger partial charge is 0.375 e. The lowest BCUT2D eigenvalue weighted by Crippen LogP contribution is -2.49. The molecule has 3 nitrogen and oxygen atoms in total. The fourth-order valence-electron chi connectivity index (χ4n) is 1.91. The minimum atomic E-state index is -0.213. The summed E-state index contributed by atoms with van der Waals surface area (Å²) < 4.78 is 18.5. The summed E-state index contributed by atoms with van der Waals surface area (Å²) in [5, 5.41) is 0. The first kappa shape index (κ1) is 12.8. The van der Waals surface area contributed by atoms with Crippen LogP contribution in [0.2, 0.25) is 0 Å². The van der Waals surface area contributed by atoms with E-state index < -0.39 is 0 Å². The van der Waals surface area contributed by atoms with Crippen LogP contribution in [-0.4, -0.2) is 30.3 Å². The zero-order valence-corrected chi connectivity index (χ0v) is 10.4. The Hall–Kier alpha value is -0.620. The van der Waals surface area contributed by atoms with Crippen molar-refractivity contribution in [2.24, 2.45) is 5.84 Å². The van der Waals surface area contributed by atoms with Crippen molar-refractivity contribution in [2.45, 2.75) is 18.6 Å². The van der Waals surface area contributed by atoms with Gasteiger partial charge in [0.25, 0.3) is 0 Å². The molecule has 1 fully saturated rings. The maximum absolute atomic E-state index is 12.8. The molecule has 94 valence electrons. The van der Waals surface area contributed by atoms with E-state index in [1.165, 1.54) is 12.1 Å². The lowest BCUT2D eigenvalue weighted by atomic mass is 10.0. The van der Waals surface area contributed by atoms with Crippen LogP contribution < -0.4 is 11.3 Å². The molecular weight excluding hydrogens is 239 g/mol. The van der Waals surface area contributed by atoms with Crippen molar-refractivity contribution in [1.82, 2.24) is 5.43 Å². The predicted molar refractivity (Wildman–Crippen MR) is 68.3 cm³/mol. The summed E-state index contributed by atoms with van der Waals surface area (Å²) in [7, 11) is 0. The van der Waals surface area contributed by atoms with Gasteiger partial charge in [-0.3, -0.25) is 11.3 Å². The molecule has 1 aromatic rings. The van der Waals surface area contributed by atoms with Gasteiger partial charge in [-0.1, -0.05) is 12.1 Å². The van der Waals surface area contributed by atoms with E-state index in [0.717, 1.165) is 30.1 Å². The van der Waals surface area contributed by atoms with Crippen LogP contribution in [-0.2, 0) is 11.2 Å². The smallest absolute Gasteiger partial charge is 0.123 e. The van der Waals surface area contributed by atoms with Crippen molar-refractivity contribution in [1.29, 1.82) is 0 Å². The predicted octanol–water partition coefficient (Wildman–Crippen LogP) is 1.33. The van der Waals surface area contributed by atoms with Gasteiger partial charge in [-0.25, -0.2) is 4.39 Å². The Balaban J connectivity index is 1.96. The van der Waals surface area contributed by atoms with Crippen molar-refractivity contribution in [2.75, 3.05) is 18.1 Å². The van der Waals surface area contributed by atoms with E-state index in [-0.39, 0.29) is 18.0 Å². The highest BCUT2D eigenvalue weighted by Gasteiger charge is 2.24. The van der Waals surface area contributed by atoms with Crippen LogP contribution in [0.1, 0.15) is 5.56 Å². The van der Waals surface area contributed by atoms with Gasteiger partial charge in [-0.05, 0) is 24.1 Å². The second-order valence-corrected chi connectivity index (χ2v) is 5.24. The first-order valence-corrected chi connectivity index (χ1v) is 6.85. The van der Waals surface area contributed by atoms with Crippen LogP contribution in [0.3, 0.4) is 0 Å². The highest BCUT2D eigenvalue weighted by molar-refractivity contribution is 7.99. The van der Waals surface area contributed by atoms with Gasteiger partial charge in [-0.15, -0.1) is 0 Å². The summed E-state index contributed by atoms with van der Waals surface area (Å²) in [6, 6.07) is 6.60. The topological polar surface area (TPSA) is 47.3 Å². The second-order valence-electron chi connectivity index (χ2n) is 4.09. The van der Waals surface area contributed by atoms with Crippen molar-refractivity contribution in [3.8, 4) is 0 Å². The first-order chi connectivity index (χ1) is 8.29. The summed E-state index contributed by atoms with van der Waals surface area (Å²) >= 11 is 1.88. The van der Waals surface area contributed by atoms with Gasteiger partial charge >= 0.3 is 0 Å². The highest BCUT2D eigenvalue weighted by atomic mass is 32.2. The zero-order valence-electron chi connectivity index (χ0n) is 9.56. The summed E-state index contributed by atoms with van der Waals surface area (Å²) in [5.74, 6) is 7.36. The molecule has 1 heterocycles. The number of rotatable bonds is 4. The third-order valence-corrected chi connectivity index (χ3v) is 3.89. The normalized spacial score (nSPS) is 22.4. The van der Waals surface area contributed by atoms with Crippen LogP contribution in [0, 0.1) is 5.82 Å². The van der Waals surface area contributed by atoms with Gasteiger partial charge in [0, 0.05) is 11.5 Å². The average Bonchev–Trinajstić information content (AvgIpc) is 2.39. The monoisotopic (exact) mass is 256 g/mol. The number of halogens is 1. The van der Waals surface area contributed by atoms with E-state index in [1.54, 1.807) is 12.1 Å². The van der Waals surface area contributed by atoms with Crippen molar-refractivity contribution < 1.29 is 9.13 Å². The second kappa shape index (κ2) is 6.35. The van der Waals surface area contributed by atoms with Gasteiger partial charge in [0.1, 0.15) is 5.82 Å². The van der Waals surface area contributed by atoms with Gasteiger partial charge in [0.15, 0.2) is 0 Å². The third kappa shape index (κ3) is 3.67. The van der Waals surface area contributed by atoms with Gasteiger partial charge in [0.2, 0.25) is 0 Å². The van der Waals surface area contributed by atoms with E-state index in [0.29, 0.717) is 0 Å². The SMILES string of the molecule is NNC(Cc1ccc(F)cc1)C1CSCCO1. The Bertz CT molecular complexity index is 341. The summed E-state index contributed by atoms with van der Waals surface area (Å²) in [6.07, 6.45) is 0.881. The molecule has 0 spiro atoms. The van der Waals surface area contributed by atoms with Crippen LogP contribution in [0.15, 0.2) is 24.3 Å². The lowest BCUT2D eigenvalue weighted by molar-refractivity contribution is 0.0472. The maximum Gasteiger partial charge on any atom is 0.123 e. The molecule has 0 radical (unpaired) electrons. The Morgan fingerprint density at radius 2 is 2.24 bits per heavy atom. The molecule has 0 amide bonds. The summed E-state index contributed by atoms with van der Waals surface area (Å²) in [5.41, 5.74) is 3.87. The van der Waals surface area contributed by atoms with E-state index in [2.05, 4.69) is 5.43 Å². The Kier molecular flexibility index (Phi) is 4.79. The number of hydrogen-bond donors (Lipinski definition) is 2. The average molecular weight is 256 g/mol. The Morgan fingerprint density at radius 3 is 2.82 bits per heavy atom. The number of benzene rings is 1. The van der Waals surface area contributed by atoms with Crippen LogP contribution in [0.5, 0.6) is 0 Å². The van der Waals surface area contributed by atoms with E-state index in [4.69, 9.17) is 10.6 Å². The van der Waals surface area contributed by atoms with Gasteiger partial charge in [0.05, 0.1) is 18.8 Å². The standard InChI is InChI=1S/C12H17FN2OS/c13-10-3-1-9(2-4-10)7-11(15-14)12-8-17-6-5-16-12/h1-4,11-12,15H,5-8,14H2. The lowest BCUT2D eigenvalue weighted by Gasteiger charge is -2.29. The minimum absolute atomic E-state index is 0.0771. The zero-order chi connectivity index (χ0) is 12.1. The summed E-state index contributed by atoms with van der Waals surface area (Å²) in [6.45, 7) is 0.775. The minimum Gasteiger partial charge on any atom is -0.375 e. The van der Waals surface area contributed by atoms with Gasteiger partial charge in [-0.2, -0.15) is 11.8 Å². The van der Waals surface area contributed by atoms with Crippen molar-refractivity contribution >= 4 is 11.8 Å². The molecule has 3 N–H and O–H groups in total. The fraction of sp³-hybridized carbons (Fsp3) is 0.500. The van der Waals surface area contributed by atoms with Crippen molar-refractivity contribution in [3.63, 3.8) is 0 Å². The van der Waals surface area contributed by atoms with Crippen LogP contribution in [0.4, 0.5) is 4.39 Å². The van der Waals surface area contributed by atoms with E-state index >= 15 is 0 Å². The van der Waals surface area contributed by atoms with Gasteiger partial charge < -0.3 is 4.74 Å². The molecular formula is C12H17FN2OS. The van der Waals surface area contributed by atoms with Crippen LogP contribution in [0.25, 0.3) is 0 Å². The van der Waals surface area contributed by atoms with Crippen LogP contribution >= 0.6 is 11.8 Å². The van der Waals surface area contributed by atoms with Crippen molar-refractivity contribution in [3.05, 3.63) is 35.6 Å². The number of nitrogens with two attached hydrogens (primary N) is 1.